The van der Waals surface area contributed by atoms with Crippen LogP contribution in [0.1, 0.15) is 13.8 Å². The SMILES string of the molecule is CCNC(C)(CO)COCC(F)(F)F. The van der Waals surface area contributed by atoms with E-state index in [1.165, 1.54) is 0 Å². The summed E-state index contributed by atoms with van der Waals surface area (Å²) in [5.41, 5.74) is -0.806. The van der Waals surface area contributed by atoms with Crippen LogP contribution in [0.4, 0.5) is 13.2 Å². The van der Waals surface area contributed by atoms with Crippen molar-refractivity contribution in [1.29, 1.82) is 0 Å². The largest absolute Gasteiger partial charge is 0.411 e. The summed E-state index contributed by atoms with van der Waals surface area (Å²) in [7, 11) is 0. The lowest BCUT2D eigenvalue weighted by atomic mass is 10.1. The summed E-state index contributed by atoms with van der Waals surface area (Å²) in [6.45, 7) is 2.25. The van der Waals surface area contributed by atoms with E-state index in [1.54, 1.807) is 13.8 Å². The fourth-order valence-electron chi connectivity index (χ4n) is 0.971. The second kappa shape index (κ2) is 5.53. The molecule has 0 spiro atoms. The van der Waals surface area contributed by atoms with Gasteiger partial charge in [0.15, 0.2) is 0 Å². The van der Waals surface area contributed by atoms with E-state index in [0.29, 0.717) is 6.54 Å². The average molecular weight is 215 g/mol. The molecule has 0 aliphatic rings. The van der Waals surface area contributed by atoms with Crippen LogP contribution >= 0.6 is 0 Å². The van der Waals surface area contributed by atoms with Crippen molar-refractivity contribution in [1.82, 2.24) is 5.32 Å². The second-order valence-corrected chi connectivity index (χ2v) is 3.36. The van der Waals surface area contributed by atoms with Gasteiger partial charge in [-0.2, -0.15) is 13.2 Å². The number of rotatable bonds is 6. The monoisotopic (exact) mass is 215 g/mol. The molecule has 1 atom stereocenters. The fourth-order valence-corrected chi connectivity index (χ4v) is 0.971. The summed E-state index contributed by atoms with van der Waals surface area (Å²) in [6, 6.07) is 0. The Kier molecular flexibility index (Phi) is 5.40. The van der Waals surface area contributed by atoms with Crippen molar-refractivity contribution < 1.29 is 23.0 Å². The molecule has 86 valence electrons. The fraction of sp³-hybridized carbons (Fsp3) is 1.00. The minimum atomic E-state index is -4.32. The molecule has 1 unspecified atom stereocenters. The van der Waals surface area contributed by atoms with Crippen LogP contribution in [0.3, 0.4) is 0 Å². The Balaban J connectivity index is 3.84. The van der Waals surface area contributed by atoms with E-state index in [-0.39, 0.29) is 13.2 Å². The average Bonchev–Trinajstić information content (AvgIpc) is 2.02. The molecule has 14 heavy (non-hydrogen) atoms. The highest BCUT2D eigenvalue weighted by Crippen LogP contribution is 2.15. The quantitative estimate of drug-likeness (QED) is 0.692. The molecule has 2 N–H and O–H groups in total. The Morgan fingerprint density at radius 1 is 1.29 bits per heavy atom. The highest BCUT2D eigenvalue weighted by molar-refractivity contribution is 4.81. The molecular formula is C8H16F3NO2. The highest BCUT2D eigenvalue weighted by Gasteiger charge is 2.30. The van der Waals surface area contributed by atoms with Gasteiger partial charge in [0.1, 0.15) is 6.61 Å². The van der Waals surface area contributed by atoms with Gasteiger partial charge >= 0.3 is 6.18 Å². The molecule has 0 aromatic rings. The molecule has 3 nitrogen and oxygen atoms in total. The maximum Gasteiger partial charge on any atom is 0.411 e. The van der Waals surface area contributed by atoms with Gasteiger partial charge in [0.25, 0.3) is 0 Å². The maximum absolute atomic E-state index is 11.7. The minimum absolute atomic E-state index is 0.170. The normalized spacial score (nSPS) is 16.7. The van der Waals surface area contributed by atoms with Crippen molar-refractivity contribution in [3.63, 3.8) is 0 Å². The summed E-state index contributed by atoms with van der Waals surface area (Å²) < 4.78 is 39.6. The summed E-state index contributed by atoms with van der Waals surface area (Å²) in [4.78, 5) is 0. The lowest BCUT2D eigenvalue weighted by molar-refractivity contribution is -0.178. The molecule has 0 aromatic heterocycles. The summed E-state index contributed by atoms with van der Waals surface area (Å²) in [6.07, 6.45) is -4.32. The van der Waals surface area contributed by atoms with Crippen LogP contribution in [0, 0.1) is 0 Å². The van der Waals surface area contributed by atoms with E-state index in [9.17, 15) is 13.2 Å². The second-order valence-electron chi connectivity index (χ2n) is 3.36. The van der Waals surface area contributed by atoms with Crippen LogP contribution in [-0.4, -0.2) is 43.2 Å². The molecule has 0 heterocycles. The first kappa shape index (κ1) is 13.7. The first-order valence-corrected chi connectivity index (χ1v) is 4.33. The molecule has 0 fully saturated rings. The Hall–Kier alpha value is -0.330. The number of likely N-dealkylation sites (N-methyl/N-ethyl adjacent to an activating group) is 1. The van der Waals surface area contributed by atoms with Crippen LogP contribution in [0.15, 0.2) is 0 Å². The molecule has 0 amide bonds. The number of nitrogens with one attached hydrogen (secondary N) is 1. The Labute approximate surface area is 81.2 Å². The van der Waals surface area contributed by atoms with E-state index < -0.39 is 18.3 Å². The lowest BCUT2D eigenvalue weighted by Gasteiger charge is -2.28. The molecule has 0 radical (unpaired) electrons. The van der Waals surface area contributed by atoms with Crippen LogP contribution in [0.2, 0.25) is 0 Å². The number of alkyl halides is 3. The molecule has 0 aromatic carbocycles. The van der Waals surface area contributed by atoms with Gasteiger partial charge in [-0.1, -0.05) is 6.92 Å². The number of ether oxygens (including phenoxy) is 1. The van der Waals surface area contributed by atoms with E-state index in [4.69, 9.17) is 5.11 Å². The zero-order chi connectivity index (χ0) is 11.2. The Bertz CT molecular complexity index is 163. The molecular weight excluding hydrogens is 199 g/mol. The summed E-state index contributed by atoms with van der Waals surface area (Å²) >= 11 is 0. The first-order valence-electron chi connectivity index (χ1n) is 4.33. The number of aliphatic hydroxyl groups is 1. The molecule has 0 aliphatic heterocycles. The number of aliphatic hydroxyl groups excluding tert-OH is 1. The third-order valence-corrected chi connectivity index (χ3v) is 1.64. The first-order chi connectivity index (χ1) is 6.33. The molecule has 6 heteroatoms. The van der Waals surface area contributed by atoms with Gasteiger partial charge < -0.3 is 15.2 Å². The predicted molar refractivity (Wildman–Crippen MR) is 46.0 cm³/mol. The molecule has 0 rings (SSSR count). The van der Waals surface area contributed by atoms with E-state index >= 15 is 0 Å². The standard InChI is InChI=1S/C8H16F3NO2/c1-3-12-7(2,4-13)5-14-6-8(9,10)11/h12-13H,3-6H2,1-2H3. The van der Waals surface area contributed by atoms with Gasteiger partial charge in [0, 0.05) is 0 Å². The zero-order valence-corrected chi connectivity index (χ0v) is 8.32. The zero-order valence-electron chi connectivity index (χ0n) is 8.32. The van der Waals surface area contributed by atoms with Crippen LogP contribution in [0.25, 0.3) is 0 Å². The van der Waals surface area contributed by atoms with Crippen molar-refractivity contribution >= 4 is 0 Å². The van der Waals surface area contributed by atoms with Crippen molar-refractivity contribution in [2.24, 2.45) is 0 Å². The minimum Gasteiger partial charge on any atom is -0.394 e. The van der Waals surface area contributed by atoms with Crippen molar-refractivity contribution in [3.05, 3.63) is 0 Å². The van der Waals surface area contributed by atoms with Gasteiger partial charge in [0.05, 0.1) is 18.8 Å². The van der Waals surface area contributed by atoms with E-state index in [1.807, 2.05) is 0 Å². The van der Waals surface area contributed by atoms with Gasteiger partial charge in [0.2, 0.25) is 0 Å². The van der Waals surface area contributed by atoms with Gasteiger partial charge in [-0.25, -0.2) is 0 Å². The predicted octanol–water partition coefficient (Wildman–Crippen LogP) is 0.926. The van der Waals surface area contributed by atoms with Crippen LogP contribution in [0.5, 0.6) is 0 Å². The van der Waals surface area contributed by atoms with Gasteiger partial charge in [-0.15, -0.1) is 0 Å². The van der Waals surface area contributed by atoms with Crippen molar-refractivity contribution in [3.8, 4) is 0 Å². The molecule has 0 aliphatic carbocycles. The topological polar surface area (TPSA) is 41.5 Å². The van der Waals surface area contributed by atoms with Crippen LogP contribution in [-0.2, 0) is 4.74 Å². The third kappa shape index (κ3) is 6.17. The maximum atomic E-state index is 11.7. The third-order valence-electron chi connectivity index (χ3n) is 1.64. The number of halogens is 3. The van der Waals surface area contributed by atoms with Gasteiger partial charge in [-0.3, -0.25) is 0 Å². The highest BCUT2D eigenvalue weighted by atomic mass is 19.4. The smallest absolute Gasteiger partial charge is 0.394 e. The van der Waals surface area contributed by atoms with Crippen molar-refractivity contribution in [2.75, 3.05) is 26.4 Å². The number of hydrogen-bond acceptors (Lipinski definition) is 3. The Morgan fingerprint density at radius 2 is 1.86 bits per heavy atom. The van der Waals surface area contributed by atoms with E-state index in [0.717, 1.165) is 0 Å². The molecule has 0 bridgehead atoms. The molecule has 0 saturated heterocycles. The number of hydrogen-bond donors (Lipinski definition) is 2. The van der Waals surface area contributed by atoms with Crippen LogP contribution < -0.4 is 5.32 Å². The van der Waals surface area contributed by atoms with Gasteiger partial charge in [-0.05, 0) is 13.5 Å². The Morgan fingerprint density at radius 3 is 2.21 bits per heavy atom. The van der Waals surface area contributed by atoms with E-state index in [2.05, 4.69) is 10.1 Å². The summed E-state index contributed by atoms with van der Waals surface area (Å²) in [5, 5.41) is 11.8. The summed E-state index contributed by atoms with van der Waals surface area (Å²) in [5.74, 6) is 0. The molecule has 0 saturated carbocycles. The van der Waals surface area contributed by atoms with Crippen molar-refractivity contribution in [2.45, 2.75) is 25.6 Å². The lowest BCUT2D eigenvalue weighted by Crippen LogP contribution is -2.50.